The number of hydrogen-bond donors (Lipinski definition) is 0. The lowest BCUT2D eigenvalue weighted by Crippen LogP contribution is -2.09. The van der Waals surface area contributed by atoms with Crippen molar-refractivity contribution in [2.24, 2.45) is 5.92 Å². The molecule has 0 radical (unpaired) electrons. The average Bonchev–Trinajstić information content (AvgIpc) is 2.12. The van der Waals surface area contributed by atoms with Gasteiger partial charge in [0.2, 0.25) is 0 Å². The van der Waals surface area contributed by atoms with Gasteiger partial charge in [0.1, 0.15) is 7.85 Å². The normalized spacial score (nSPS) is 15.6. The Morgan fingerprint density at radius 2 is 1.46 bits per heavy atom. The van der Waals surface area contributed by atoms with E-state index in [1.54, 1.807) is 0 Å². The van der Waals surface area contributed by atoms with Crippen LogP contribution in [0.4, 0.5) is 0 Å². The summed E-state index contributed by atoms with van der Waals surface area (Å²) in [5, 5.41) is 0. The van der Waals surface area contributed by atoms with Gasteiger partial charge < -0.3 is 0 Å². The molecule has 0 saturated heterocycles. The second-order valence-electron chi connectivity index (χ2n) is 4.46. The Morgan fingerprint density at radius 1 is 0.846 bits per heavy atom. The van der Waals surface area contributed by atoms with E-state index in [2.05, 4.69) is 28.6 Å². The Labute approximate surface area is 85.9 Å². The molecule has 0 saturated carbocycles. The Balaban J connectivity index is 3.75. The number of hydrogen-bond acceptors (Lipinski definition) is 0. The van der Waals surface area contributed by atoms with Crippen molar-refractivity contribution in [2.45, 2.75) is 71.5 Å². The molecule has 0 aromatic rings. The van der Waals surface area contributed by atoms with E-state index in [1.165, 1.54) is 44.9 Å². The summed E-state index contributed by atoms with van der Waals surface area (Å²) in [6, 6.07) is 0. The summed E-state index contributed by atoms with van der Waals surface area (Å²) in [6.07, 6.45) is 9.84. The summed E-state index contributed by atoms with van der Waals surface area (Å²) in [5.74, 6) is 1.96. The van der Waals surface area contributed by atoms with Crippen molar-refractivity contribution in [1.29, 1.82) is 0 Å². The first kappa shape index (κ1) is 13.1. The molecule has 0 spiro atoms. The largest absolute Gasteiger partial charge is 0.105 e. The van der Waals surface area contributed by atoms with E-state index in [4.69, 9.17) is 0 Å². The lowest BCUT2D eigenvalue weighted by Gasteiger charge is -2.23. The molecule has 0 aromatic carbocycles. The van der Waals surface area contributed by atoms with E-state index >= 15 is 0 Å². The monoisotopic (exact) mass is 182 g/mol. The standard InChI is InChI=1S/C12H27B/c1-4-7-10-11(8-5-2)12(13)9-6-3/h11-12H,4-10,13H2,1-3H3. The molecule has 13 heavy (non-hydrogen) atoms. The van der Waals surface area contributed by atoms with Gasteiger partial charge >= 0.3 is 0 Å². The van der Waals surface area contributed by atoms with E-state index in [-0.39, 0.29) is 0 Å². The Kier molecular flexibility index (Phi) is 8.70. The summed E-state index contributed by atoms with van der Waals surface area (Å²) in [4.78, 5) is 0. The van der Waals surface area contributed by atoms with E-state index in [0.717, 1.165) is 11.7 Å². The van der Waals surface area contributed by atoms with E-state index in [9.17, 15) is 0 Å². The quantitative estimate of drug-likeness (QED) is 0.500. The van der Waals surface area contributed by atoms with Gasteiger partial charge in [0.25, 0.3) is 0 Å². The van der Waals surface area contributed by atoms with Crippen LogP contribution in [0.3, 0.4) is 0 Å². The zero-order valence-electron chi connectivity index (χ0n) is 10.1. The second kappa shape index (κ2) is 8.65. The molecule has 2 unspecified atom stereocenters. The van der Waals surface area contributed by atoms with Crippen LogP contribution in [-0.4, -0.2) is 7.85 Å². The van der Waals surface area contributed by atoms with Crippen LogP contribution in [0, 0.1) is 5.92 Å². The number of rotatable bonds is 8. The van der Waals surface area contributed by atoms with Crippen LogP contribution in [-0.2, 0) is 0 Å². The van der Waals surface area contributed by atoms with E-state index in [0.29, 0.717) is 0 Å². The third-order valence-electron chi connectivity index (χ3n) is 3.14. The third-order valence-corrected chi connectivity index (χ3v) is 3.14. The van der Waals surface area contributed by atoms with Crippen LogP contribution in [0.25, 0.3) is 0 Å². The molecular formula is C12H27B. The van der Waals surface area contributed by atoms with Gasteiger partial charge in [-0.15, -0.1) is 0 Å². The highest BCUT2D eigenvalue weighted by Gasteiger charge is 2.14. The molecule has 0 heterocycles. The zero-order valence-corrected chi connectivity index (χ0v) is 10.1. The summed E-state index contributed by atoms with van der Waals surface area (Å²) in [6.45, 7) is 6.92. The maximum atomic E-state index is 2.44. The van der Waals surface area contributed by atoms with Crippen molar-refractivity contribution >= 4 is 7.85 Å². The summed E-state index contributed by atoms with van der Waals surface area (Å²) >= 11 is 0. The molecule has 0 aliphatic carbocycles. The van der Waals surface area contributed by atoms with Crippen LogP contribution in [0.1, 0.15) is 65.7 Å². The van der Waals surface area contributed by atoms with Gasteiger partial charge in [-0.3, -0.25) is 0 Å². The zero-order chi connectivity index (χ0) is 10.1. The SMILES string of the molecule is BC(CCC)C(CCC)CCCC. The highest BCUT2D eigenvalue weighted by molar-refractivity contribution is 6.11. The van der Waals surface area contributed by atoms with Crippen LogP contribution in [0.15, 0.2) is 0 Å². The van der Waals surface area contributed by atoms with Gasteiger partial charge in [0.05, 0.1) is 0 Å². The first-order chi connectivity index (χ1) is 6.26. The molecule has 0 nitrogen and oxygen atoms in total. The van der Waals surface area contributed by atoms with Gasteiger partial charge in [0, 0.05) is 0 Å². The minimum atomic E-state index is 0.955. The van der Waals surface area contributed by atoms with Gasteiger partial charge in [-0.1, -0.05) is 71.5 Å². The molecule has 0 amide bonds. The fourth-order valence-corrected chi connectivity index (χ4v) is 2.24. The van der Waals surface area contributed by atoms with Gasteiger partial charge in [-0.05, 0) is 5.92 Å². The average molecular weight is 182 g/mol. The summed E-state index contributed by atoms with van der Waals surface area (Å²) < 4.78 is 0. The van der Waals surface area contributed by atoms with Gasteiger partial charge in [-0.2, -0.15) is 0 Å². The fourth-order valence-electron chi connectivity index (χ4n) is 2.24. The molecule has 0 fully saturated rings. The molecule has 78 valence electrons. The lowest BCUT2D eigenvalue weighted by molar-refractivity contribution is 0.391. The molecule has 2 atom stereocenters. The van der Waals surface area contributed by atoms with Crippen LogP contribution < -0.4 is 0 Å². The van der Waals surface area contributed by atoms with E-state index < -0.39 is 0 Å². The highest BCUT2D eigenvalue weighted by Crippen LogP contribution is 2.29. The lowest BCUT2D eigenvalue weighted by atomic mass is 9.70. The van der Waals surface area contributed by atoms with Crippen molar-refractivity contribution in [1.82, 2.24) is 0 Å². The van der Waals surface area contributed by atoms with Gasteiger partial charge in [0.15, 0.2) is 0 Å². The summed E-state index contributed by atoms with van der Waals surface area (Å²) in [5.41, 5.74) is 0. The molecule has 1 heteroatoms. The molecule has 0 N–H and O–H groups in total. The second-order valence-corrected chi connectivity index (χ2v) is 4.46. The minimum absolute atomic E-state index is 0.955. The Bertz CT molecular complexity index is 101. The smallest absolute Gasteiger partial charge is 0.0669 e. The predicted molar refractivity (Wildman–Crippen MR) is 65.1 cm³/mol. The molecular weight excluding hydrogens is 155 g/mol. The van der Waals surface area contributed by atoms with Crippen LogP contribution >= 0.6 is 0 Å². The predicted octanol–water partition coefficient (Wildman–Crippen LogP) is 3.81. The maximum Gasteiger partial charge on any atom is 0.105 e. The van der Waals surface area contributed by atoms with Crippen LogP contribution in [0.5, 0.6) is 0 Å². The minimum Gasteiger partial charge on any atom is -0.0669 e. The van der Waals surface area contributed by atoms with Crippen molar-refractivity contribution in [3.05, 3.63) is 0 Å². The first-order valence-electron chi connectivity index (χ1n) is 6.26. The molecule has 0 bridgehead atoms. The van der Waals surface area contributed by atoms with Crippen molar-refractivity contribution in [3.63, 3.8) is 0 Å². The van der Waals surface area contributed by atoms with Crippen LogP contribution in [0.2, 0.25) is 5.82 Å². The third kappa shape index (κ3) is 6.18. The Morgan fingerprint density at radius 3 is 1.92 bits per heavy atom. The van der Waals surface area contributed by atoms with Gasteiger partial charge in [-0.25, -0.2) is 0 Å². The maximum absolute atomic E-state index is 2.44. The van der Waals surface area contributed by atoms with E-state index in [1.807, 2.05) is 0 Å². The molecule has 0 rings (SSSR count). The molecule has 0 aliphatic rings. The van der Waals surface area contributed by atoms with Crippen molar-refractivity contribution in [2.75, 3.05) is 0 Å². The number of unbranched alkanes of at least 4 members (excludes halogenated alkanes) is 1. The topological polar surface area (TPSA) is 0 Å². The summed E-state index contributed by atoms with van der Waals surface area (Å²) in [7, 11) is 2.44. The Hall–Kier alpha value is 0.0649. The van der Waals surface area contributed by atoms with Crippen molar-refractivity contribution in [3.8, 4) is 0 Å². The molecule has 0 aliphatic heterocycles. The first-order valence-corrected chi connectivity index (χ1v) is 6.26. The fraction of sp³-hybridized carbons (Fsp3) is 1.00. The molecule has 0 aromatic heterocycles. The van der Waals surface area contributed by atoms with Crippen molar-refractivity contribution < 1.29 is 0 Å². The highest BCUT2D eigenvalue weighted by atomic mass is 14.2.